The predicted molar refractivity (Wildman–Crippen MR) is 164 cm³/mol. The molecule has 8 aromatic rings. The highest BCUT2D eigenvalue weighted by Crippen LogP contribution is 2.53. The van der Waals surface area contributed by atoms with Gasteiger partial charge in [0.15, 0.2) is 11.3 Å². The van der Waals surface area contributed by atoms with Crippen molar-refractivity contribution < 1.29 is 24.8 Å². The number of furan rings is 1. The van der Waals surface area contributed by atoms with Crippen LogP contribution in [0.5, 0.6) is 23.0 Å². The highest BCUT2D eigenvalue weighted by atomic mass is 16.4. The van der Waals surface area contributed by atoms with E-state index in [1.54, 1.807) is 6.07 Å². The molecular formula is C36H22O5. The second kappa shape index (κ2) is 8.41. The molecule has 0 atom stereocenters. The van der Waals surface area contributed by atoms with Crippen molar-refractivity contribution in [2.75, 3.05) is 0 Å². The zero-order chi connectivity index (χ0) is 27.8. The summed E-state index contributed by atoms with van der Waals surface area (Å²) in [6.07, 6.45) is 0. The third-order valence-electron chi connectivity index (χ3n) is 8.09. The zero-order valence-corrected chi connectivity index (χ0v) is 21.6. The molecule has 5 nitrogen and oxygen atoms in total. The van der Waals surface area contributed by atoms with Crippen LogP contribution in [0, 0.1) is 0 Å². The Morgan fingerprint density at radius 1 is 0.439 bits per heavy atom. The van der Waals surface area contributed by atoms with Gasteiger partial charge in [0.25, 0.3) is 0 Å². The molecule has 0 aliphatic rings. The molecule has 7 aromatic carbocycles. The summed E-state index contributed by atoms with van der Waals surface area (Å²) in [6, 6.07) is 37.2. The third kappa shape index (κ3) is 3.17. The van der Waals surface area contributed by atoms with Gasteiger partial charge in [0.2, 0.25) is 17.2 Å². The summed E-state index contributed by atoms with van der Waals surface area (Å²) in [7, 11) is 0. The second-order valence-electron chi connectivity index (χ2n) is 10.3. The topological polar surface area (TPSA) is 94.1 Å². The van der Waals surface area contributed by atoms with Crippen LogP contribution in [0.15, 0.2) is 114 Å². The van der Waals surface area contributed by atoms with E-state index in [9.17, 15) is 20.4 Å². The average molecular weight is 535 g/mol. The Morgan fingerprint density at radius 2 is 1.00 bits per heavy atom. The first-order chi connectivity index (χ1) is 20.0. The Balaban J connectivity index is 1.51. The molecule has 41 heavy (non-hydrogen) atoms. The SMILES string of the molecule is Oc1c(O)c(O)c2c(oc3ccc(-c4c5ccccc5c(-c5cccc6ccccc56)c5ccccc45)cc32)c1O. The lowest BCUT2D eigenvalue weighted by atomic mass is 9.84. The van der Waals surface area contributed by atoms with Crippen molar-refractivity contribution in [3.63, 3.8) is 0 Å². The van der Waals surface area contributed by atoms with Crippen LogP contribution in [0.4, 0.5) is 0 Å². The summed E-state index contributed by atoms with van der Waals surface area (Å²) in [5, 5.41) is 48.8. The maximum atomic E-state index is 10.7. The highest BCUT2D eigenvalue weighted by Gasteiger charge is 2.25. The van der Waals surface area contributed by atoms with Gasteiger partial charge in [-0.2, -0.15) is 0 Å². The molecule has 196 valence electrons. The first-order valence-electron chi connectivity index (χ1n) is 13.3. The van der Waals surface area contributed by atoms with Gasteiger partial charge in [-0.25, -0.2) is 0 Å². The summed E-state index contributed by atoms with van der Waals surface area (Å²) in [4.78, 5) is 0. The highest BCUT2D eigenvalue weighted by molar-refractivity contribution is 6.24. The molecule has 0 bridgehead atoms. The van der Waals surface area contributed by atoms with Crippen LogP contribution in [-0.2, 0) is 0 Å². The number of benzene rings is 7. The van der Waals surface area contributed by atoms with Crippen molar-refractivity contribution in [2.45, 2.75) is 0 Å². The molecule has 1 heterocycles. The van der Waals surface area contributed by atoms with Crippen molar-refractivity contribution in [1.82, 2.24) is 0 Å². The van der Waals surface area contributed by atoms with Gasteiger partial charge in [-0.15, -0.1) is 0 Å². The largest absolute Gasteiger partial charge is 0.504 e. The fraction of sp³-hybridized carbons (Fsp3) is 0. The van der Waals surface area contributed by atoms with Gasteiger partial charge in [-0.3, -0.25) is 0 Å². The van der Waals surface area contributed by atoms with Crippen LogP contribution >= 0.6 is 0 Å². The Labute approximate surface area is 233 Å². The summed E-state index contributed by atoms with van der Waals surface area (Å²) >= 11 is 0. The molecule has 0 aliphatic heterocycles. The minimum absolute atomic E-state index is 0.0917. The van der Waals surface area contributed by atoms with Gasteiger partial charge in [0.1, 0.15) is 5.58 Å². The van der Waals surface area contributed by atoms with Crippen LogP contribution in [-0.4, -0.2) is 20.4 Å². The normalized spacial score (nSPS) is 11.8. The van der Waals surface area contributed by atoms with Gasteiger partial charge in [0, 0.05) is 5.39 Å². The van der Waals surface area contributed by atoms with Crippen LogP contribution in [0.1, 0.15) is 0 Å². The Kier molecular flexibility index (Phi) is 4.76. The van der Waals surface area contributed by atoms with E-state index in [4.69, 9.17) is 4.42 Å². The standard InChI is InChI=1S/C36H22O5/c37-32-31-27-18-20(16-17-28(27)41-36(31)35(40)34(39)33(32)38)29-23-11-3-5-13-25(23)30(26-14-6-4-12-24(26)29)22-15-7-9-19-8-1-2-10-21(19)22/h1-18,37-40H. The second-order valence-corrected chi connectivity index (χ2v) is 10.3. The minimum Gasteiger partial charge on any atom is -0.504 e. The van der Waals surface area contributed by atoms with Crippen molar-refractivity contribution >= 4 is 54.3 Å². The first-order valence-corrected chi connectivity index (χ1v) is 13.3. The summed E-state index contributed by atoms with van der Waals surface area (Å²) in [5.41, 5.74) is 4.53. The molecule has 0 radical (unpaired) electrons. The van der Waals surface area contributed by atoms with Crippen LogP contribution in [0.2, 0.25) is 0 Å². The van der Waals surface area contributed by atoms with E-state index in [2.05, 4.69) is 78.9 Å². The molecule has 4 N–H and O–H groups in total. The molecule has 0 spiro atoms. The number of hydrogen-bond acceptors (Lipinski definition) is 5. The summed E-state index contributed by atoms with van der Waals surface area (Å²) < 4.78 is 5.80. The van der Waals surface area contributed by atoms with Gasteiger partial charge in [-0.1, -0.05) is 97.1 Å². The summed E-state index contributed by atoms with van der Waals surface area (Å²) in [5.74, 6) is -2.79. The molecule has 0 amide bonds. The van der Waals surface area contributed by atoms with E-state index in [0.29, 0.717) is 11.0 Å². The number of phenolic OH excluding ortho intramolecular Hbond substituents is 4. The fourth-order valence-electron chi connectivity index (χ4n) is 6.28. The lowest BCUT2D eigenvalue weighted by Crippen LogP contribution is -1.91. The van der Waals surface area contributed by atoms with E-state index in [0.717, 1.165) is 43.8 Å². The van der Waals surface area contributed by atoms with E-state index >= 15 is 0 Å². The fourth-order valence-corrected chi connectivity index (χ4v) is 6.28. The Morgan fingerprint density at radius 3 is 1.68 bits per heavy atom. The maximum absolute atomic E-state index is 10.7. The zero-order valence-electron chi connectivity index (χ0n) is 21.6. The Bertz CT molecular complexity index is 2300. The number of rotatable bonds is 2. The predicted octanol–water partition coefficient (Wildman–Crippen LogP) is 9.20. The van der Waals surface area contributed by atoms with Gasteiger partial charge < -0.3 is 24.8 Å². The van der Waals surface area contributed by atoms with Gasteiger partial charge in [0.05, 0.1) is 5.39 Å². The molecule has 1 aromatic heterocycles. The maximum Gasteiger partial charge on any atom is 0.208 e. The van der Waals surface area contributed by atoms with Crippen molar-refractivity contribution in [3.8, 4) is 45.3 Å². The lowest BCUT2D eigenvalue weighted by Gasteiger charge is -2.18. The molecule has 0 unspecified atom stereocenters. The molecule has 5 heteroatoms. The van der Waals surface area contributed by atoms with Crippen LogP contribution in [0.3, 0.4) is 0 Å². The number of fused-ring (bicyclic) bond motifs is 6. The van der Waals surface area contributed by atoms with E-state index < -0.39 is 23.0 Å². The first kappa shape index (κ1) is 23.2. The van der Waals surface area contributed by atoms with Crippen LogP contribution < -0.4 is 0 Å². The molecule has 0 aliphatic carbocycles. The monoisotopic (exact) mass is 534 g/mol. The summed E-state index contributed by atoms with van der Waals surface area (Å²) in [6.45, 7) is 0. The molecule has 0 saturated heterocycles. The van der Waals surface area contributed by atoms with Gasteiger partial charge in [-0.05, 0) is 66.7 Å². The quantitative estimate of drug-likeness (QED) is 0.101. The van der Waals surface area contributed by atoms with E-state index in [1.807, 2.05) is 24.3 Å². The third-order valence-corrected chi connectivity index (χ3v) is 8.09. The number of hydrogen-bond donors (Lipinski definition) is 4. The molecule has 0 saturated carbocycles. The van der Waals surface area contributed by atoms with Crippen molar-refractivity contribution in [1.29, 1.82) is 0 Å². The Hall–Kier alpha value is -5.68. The van der Waals surface area contributed by atoms with Crippen molar-refractivity contribution in [3.05, 3.63) is 109 Å². The average Bonchev–Trinajstić information content (AvgIpc) is 3.40. The molecular weight excluding hydrogens is 512 g/mol. The van der Waals surface area contributed by atoms with Crippen LogP contribution in [0.25, 0.3) is 76.5 Å². The molecule has 8 rings (SSSR count). The number of aromatic hydroxyl groups is 4. The minimum atomic E-state index is -0.824. The van der Waals surface area contributed by atoms with Crippen molar-refractivity contribution in [2.24, 2.45) is 0 Å². The number of phenols is 4. The molecule has 0 fully saturated rings. The lowest BCUT2D eigenvalue weighted by molar-refractivity contribution is 0.348. The smallest absolute Gasteiger partial charge is 0.208 e. The van der Waals surface area contributed by atoms with E-state index in [1.165, 1.54) is 10.8 Å². The van der Waals surface area contributed by atoms with Gasteiger partial charge >= 0.3 is 0 Å². The van der Waals surface area contributed by atoms with E-state index in [-0.39, 0.29) is 11.0 Å².